The Balaban J connectivity index is 1.61. The van der Waals surface area contributed by atoms with Gasteiger partial charge in [0.05, 0.1) is 24.1 Å². The zero-order valence-corrected chi connectivity index (χ0v) is 17.6. The van der Waals surface area contributed by atoms with Crippen molar-refractivity contribution in [3.63, 3.8) is 0 Å². The van der Waals surface area contributed by atoms with E-state index in [-0.39, 0.29) is 31.0 Å². The average molecular weight is 440 g/mol. The van der Waals surface area contributed by atoms with E-state index in [9.17, 15) is 18.7 Å². The first-order chi connectivity index (χ1) is 15.4. The second-order valence-corrected chi connectivity index (χ2v) is 7.55. The number of pyridine rings is 1. The van der Waals surface area contributed by atoms with E-state index >= 15 is 0 Å². The van der Waals surface area contributed by atoms with Crippen LogP contribution >= 0.6 is 0 Å². The quantitative estimate of drug-likeness (QED) is 0.424. The highest BCUT2D eigenvalue weighted by molar-refractivity contribution is 5.97. The number of ketones is 1. The number of aliphatic hydroxyl groups is 1. The van der Waals surface area contributed by atoms with Crippen molar-refractivity contribution in [3.8, 4) is 5.75 Å². The lowest BCUT2D eigenvalue weighted by Gasteiger charge is -2.12. The Bertz CT molecular complexity index is 1260. The summed E-state index contributed by atoms with van der Waals surface area (Å²) in [6, 6.07) is 6.91. The van der Waals surface area contributed by atoms with Crippen LogP contribution in [-0.4, -0.2) is 36.7 Å². The van der Waals surface area contributed by atoms with Crippen LogP contribution in [0.15, 0.2) is 48.9 Å². The van der Waals surface area contributed by atoms with Crippen molar-refractivity contribution in [1.82, 2.24) is 19.2 Å². The number of carbonyl (C=O) groups is 1. The molecule has 32 heavy (non-hydrogen) atoms. The molecule has 166 valence electrons. The number of carbonyl (C=O) groups excluding carboxylic acids is 1. The van der Waals surface area contributed by atoms with Gasteiger partial charge in [0, 0.05) is 31.8 Å². The number of hydrogen-bond donors (Lipinski definition) is 1. The van der Waals surface area contributed by atoms with Crippen LogP contribution < -0.4 is 4.74 Å². The predicted molar refractivity (Wildman–Crippen MR) is 113 cm³/mol. The predicted octanol–water partition coefficient (Wildman–Crippen LogP) is 3.58. The molecule has 3 heterocycles. The molecule has 4 rings (SSSR count). The largest absolute Gasteiger partial charge is 0.485 e. The fraction of sp³-hybridized carbons (Fsp3) is 0.261. The van der Waals surface area contributed by atoms with Crippen molar-refractivity contribution in [3.05, 3.63) is 83.1 Å². The highest BCUT2D eigenvalue weighted by Gasteiger charge is 2.23. The molecule has 0 radical (unpaired) electrons. The van der Waals surface area contributed by atoms with Gasteiger partial charge in [-0.3, -0.25) is 13.9 Å². The molecule has 0 saturated heterocycles. The molecule has 0 aliphatic heterocycles. The van der Waals surface area contributed by atoms with E-state index < -0.39 is 17.6 Å². The Morgan fingerprint density at radius 2 is 1.97 bits per heavy atom. The molecule has 9 heteroatoms. The molecular formula is C23H22F2N4O3. The summed E-state index contributed by atoms with van der Waals surface area (Å²) in [5, 5.41) is 13.9. The van der Waals surface area contributed by atoms with Gasteiger partial charge in [-0.05, 0) is 36.8 Å². The zero-order chi connectivity index (χ0) is 22.8. The number of aromatic nitrogens is 4. The van der Waals surface area contributed by atoms with Gasteiger partial charge in [-0.25, -0.2) is 13.8 Å². The van der Waals surface area contributed by atoms with E-state index in [0.29, 0.717) is 22.8 Å². The van der Waals surface area contributed by atoms with E-state index in [1.54, 1.807) is 53.8 Å². The lowest BCUT2D eigenvalue weighted by molar-refractivity contribution is 0.0953. The van der Waals surface area contributed by atoms with Crippen LogP contribution in [0.2, 0.25) is 0 Å². The summed E-state index contributed by atoms with van der Waals surface area (Å²) in [5.41, 5.74) is 1.81. The maximum Gasteiger partial charge on any atom is 0.182 e. The van der Waals surface area contributed by atoms with Crippen molar-refractivity contribution in [2.24, 2.45) is 7.05 Å². The minimum atomic E-state index is -0.696. The fourth-order valence-corrected chi connectivity index (χ4v) is 3.68. The maximum absolute atomic E-state index is 13.9. The monoisotopic (exact) mass is 440 g/mol. The number of aliphatic hydroxyl groups excluding tert-OH is 1. The Labute approximate surface area is 182 Å². The van der Waals surface area contributed by atoms with Gasteiger partial charge < -0.3 is 9.84 Å². The summed E-state index contributed by atoms with van der Waals surface area (Å²) in [6.45, 7) is 1.19. The molecule has 7 nitrogen and oxygen atoms in total. The molecule has 1 atom stereocenters. The molecule has 0 amide bonds. The summed E-state index contributed by atoms with van der Waals surface area (Å²) in [4.78, 5) is 17.6. The van der Waals surface area contributed by atoms with Crippen LogP contribution in [-0.2, 0) is 13.7 Å². The maximum atomic E-state index is 13.9. The standard InChI is InChI=1S/C23H22F2N4O3/c1-14-22(20(31)9-15(12-30)16-10-26-28(2)11-16)29-8-4-7-21(23(29)27-14)32-13-17-18(24)5-3-6-19(17)25/h3-8,10-11,15,30H,9,12-13H2,1-2H3. The number of hydrogen-bond acceptors (Lipinski definition) is 5. The minimum absolute atomic E-state index is 0.0718. The summed E-state index contributed by atoms with van der Waals surface area (Å²) >= 11 is 0. The number of nitrogens with zero attached hydrogens (tertiary/aromatic N) is 4. The lowest BCUT2D eigenvalue weighted by atomic mass is 9.96. The van der Waals surface area contributed by atoms with Gasteiger partial charge in [-0.15, -0.1) is 0 Å². The van der Waals surface area contributed by atoms with Gasteiger partial charge in [-0.2, -0.15) is 5.10 Å². The van der Waals surface area contributed by atoms with Gasteiger partial charge in [0.2, 0.25) is 0 Å². The molecule has 3 aromatic heterocycles. The molecule has 0 bridgehead atoms. The number of halogens is 2. The third-order valence-electron chi connectivity index (χ3n) is 5.33. The van der Waals surface area contributed by atoms with Gasteiger partial charge in [0.1, 0.15) is 23.9 Å². The highest BCUT2D eigenvalue weighted by atomic mass is 19.1. The molecular weight excluding hydrogens is 418 g/mol. The topological polar surface area (TPSA) is 81.7 Å². The van der Waals surface area contributed by atoms with E-state index in [4.69, 9.17) is 4.74 Å². The molecule has 1 unspecified atom stereocenters. The summed E-state index contributed by atoms with van der Waals surface area (Å²) in [6.07, 6.45) is 5.14. The van der Waals surface area contributed by atoms with Crippen molar-refractivity contribution in [2.45, 2.75) is 25.9 Å². The fourth-order valence-electron chi connectivity index (χ4n) is 3.68. The van der Waals surface area contributed by atoms with Gasteiger partial charge in [0.15, 0.2) is 17.2 Å². The Hall–Kier alpha value is -3.59. The first-order valence-corrected chi connectivity index (χ1v) is 10.0. The van der Waals surface area contributed by atoms with Crippen LogP contribution in [0.1, 0.15) is 39.6 Å². The molecule has 0 spiro atoms. The molecule has 1 aromatic carbocycles. The molecule has 0 aliphatic rings. The first-order valence-electron chi connectivity index (χ1n) is 10.0. The van der Waals surface area contributed by atoms with Crippen LogP contribution in [0.25, 0.3) is 5.65 Å². The van der Waals surface area contributed by atoms with Gasteiger partial charge in [0.25, 0.3) is 0 Å². The van der Waals surface area contributed by atoms with Crippen molar-refractivity contribution >= 4 is 11.4 Å². The molecule has 1 N–H and O–H groups in total. The van der Waals surface area contributed by atoms with Gasteiger partial charge >= 0.3 is 0 Å². The number of aryl methyl sites for hydroxylation is 2. The van der Waals surface area contributed by atoms with Crippen molar-refractivity contribution < 1.29 is 23.4 Å². The number of rotatable bonds is 8. The van der Waals surface area contributed by atoms with Crippen LogP contribution in [0.4, 0.5) is 8.78 Å². The SMILES string of the molecule is Cc1nc2c(OCc3c(F)cccc3F)cccn2c1C(=O)CC(CO)c1cnn(C)c1. The molecule has 0 saturated carbocycles. The number of imidazole rings is 1. The van der Waals surface area contributed by atoms with E-state index in [1.165, 1.54) is 18.2 Å². The van der Waals surface area contributed by atoms with Crippen LogP contribution in [0.5, 0.6) is 5.75 Å². The van der Waals surface area contributed by atoms with E-state index in [2.05, 4.69) is 10.1 Å². The number of benzene rings is 1. The highest BCUT2D eigenvalue weighted by Crippen LogP contribution is 2.27. The zero-order valence-electron chi connectivity index (χ0n) is 17.6. The third kappa shape index (κ3) is 4.11. The molecule has 0 fully saturated rings. The summed E-state index contributed by atoms with van der Waals surface area (Å²) in [5.74, 6) is -1.70. The summed E-state index contributed by atoms with van der Waals surface area (Å²) in [7, 11) is 1.77. The van der Waals surface area contributed by atoms with Crippen LogP contribution in [0.3, 0.4) is 0 Å². The average Bonchev–Trinajstić information content (AvgIpc) is 3.34. The summed E-state index contributed by atoms with van der Waals surface area (Å²) < 4.78 is 36.7. The Morgan fingerprint density at radius 1 is 1.22 bits per heavy atom. The van der Waals surface area contributed by atoms with Crippen LogP contribution in [0, 0.1) is 18.6 Å². The number of ether oxygens (including phenoxy) is 1. The molecule has 0 aliphatic carbocycles. The second kappa shape index (κ2) is 8.88. The Morgan fingerprint density at radius 3 is 2.62 bits per heavy atom. The second-order valence-electron chi connectivity index (χ2n) is 7.55. The van der Waals surface area contributed by atoms with Crippen molar-refractivity contribution in [2.75, 3.05) is 6.61 Å². The van der Waals surface area contributed by atoms with Gasteiger partial charge in [-0.1, -0.05) is 6.07 Å². The number of fused-ring (bicyclic) bond motifs is 1. The van der Waals surface area contributed by atoms with Crippen molar-refractivity contribution in [1.29, 1.82) is 0 Å². The smallest absolute Gasteiger partial charge is 0.182 e. The van der Waals surface area contributed by atoms with E-state index in [0.717, 1.165) is 5.56 Å². The third-order valence-corrected chi connectivity index (χ3v) is 5.33. The molecule has 4 aromatic rings. The lowest BCUT2D eigenvalue weighted by Crippen LogP contribution is -2.13. The van der Waals surface area contributed by atoms with E-state index in [1.807, 2.05) is 0 Å². The Kier molecular flexibility index (Phi) is 6.00. The minimum Gasteiger partial charge on any atom is -0.485 e. The number of Topliss-reactive ketones (excluding diaryl/α,β-unsaturated/α-hetero) is 1. The first kappa shape index (κ1) is 21.6. The normalized spacial score (nSPS) is 12.3.